The number of fused-ring (bicyclic) bond motifs is 1. The molecule has 2 amide bonds. The Hall–Kier alpha value is -4.12. The predicted octanol–water partition coefficient (Wildman–Crippen LogP) is -1.71. The Bertz CT molecular complexity index is 1280. The highest BCUT2D eigenvalue weighted by atomic mass is 16.6. The van der Waals surface area contributed by atoms with Crippen LogP contribution in [0.3, 0.4) is 0 Å². The van der Waals surface area contributed by atoms with Crippen molar-refractivity contribution in [2.24, 2.45) is 0 Å². The number of carbonyl (C=O) groups is 2. The first-order valence-electron chi connectivity index (χ1n) is 10.2. The molecular weight excluding hydrogens is 444 g/mol. The average molecular weight is 466 g/mol. The van der Waals surface area contributed by atoms with Crippen LogP contribution in [-0.4, -0.2) is 90.4 Å². The molecule has 0 bridgehead atoms. The van der Waals surface area contributed by atoms with Gasteiger partial charge in [-0.3, -0.25) is 19.1 Å². The molecule has 4 heterocycles. The van der Waals surface area contributed by atoms with Gasteiger partial charge in [0, 0.05) is 20.3 Å². The first-order chi connectivity index (χ1) is 16.3. The molecule has 4 atom stereocenters. The number of amides is 2. The second-order valence-electron chi connectivity index (χ2n) is 7.48. The Balaban J connectivity index is 1.57. The van der Waals surface area contributed by atoms with E-state index >= 15 is 0 Å². The summed E-state index contributed by atoms with van der Waals surface area (Å²) >= 11 is 0. The van der Waals surface area contributed by atoms with Gasteiger partial charge in [0.25, 0.3) is 11.8 Å². The van der Waals surface area contributed by atoms with Crippen LogP contribution in [0.15, 0.2) is 30.7 Å². The van der Waals surface area contributed by atoms with E-state index in [0.29, 0.717) is 5.69 Å². The van der Waals surface area contributed by atoms with Crippen molar-refractivity contribution in [3.63, 3.8) is 0 Å². The van der Waals surface area contributed by atoms with E-state index in [1.54, 1.807) is 25.2 Å². The van der Waals surface area contributed by atoms with E-state index < -0.39 is 30.4 Å². The van der Waals surface area contributed by atoms with Crippen molar-refractivity contribution >= 4 is 28.8 Å². The molecule has 1 aliphatic heterocycles. The Labute approximate surface area is 193 Å². The van der Waals surface area contributed by atoms with Crippen LogP contribution in [0.5, 0.6) is 0 Å². The van der Waals surface area contributed by atoms with Gasteiger partial charge in [0.2, 0.25) is 5.82 Å². The number of nitrogens with one attached hydrogen (secondary N) is 1. The lowest BCUT2D eigenvalue weighted by atomic mass is 10.1. The van der Waals surface area contributed by atoms with Gasteiger partial charge in [-0.05, 0) is 18.1 Å². The third kappa shape index (κ3) is 4.25. The number of aliphatic hydroxyl groups excluding tert-OH is 2. The van der Waals surface area contributed by atoms with E-state index in [9.17, 15) is 19.8 Å². The molecule has 176 valence electrons. The first kappa shape index (κ1) is 23.1. The van der Waals surface area contributed by atoms with Gasteiger partial charge in [-0.1, -0.05) is 12.0 Å². The predicted molar refractivity (Wildman–Crippen MR) is 118 cm³/mol. The monoisotopic (exact) mass is 466 g/mol. The second kappa shape index (κ2) is 9.40. The van der Waals surface area contributed by atoms with Crippen LogP contribution >= 0.6 is 0 Å². The maximum absolute atomic E-state index is 12.4. The zero-order valence-electron chi connectivity index (χ0n) is 18.3. The summed E-state index contributed by atoms with van der Waals surface area (Å²) in [6, 6.07) is 5.04. The number of anilines is 1. The molecule has 5 N–H and O–H groups in total. The smallest absolute Gasteiger partial charge is 0.272 e. The lowest BCUT2D eigenvalue weighted by Gasteiger charge is -2.16. The van der Waals surface area contributed by atoms with E-state index in [1.807, 2.05) is 0 Å². The van der Waals surface area contributed by atoms with Crippen LogP contribution in [0.1, 0.15) is 22.5 Å². The number of carbonyl (C=O) groups excluding carboxylic acids is 2. The van der Waals surface area contributed by atoms with Crippen molar-refractivity contribution < 1.29 is 24.5 Å². The number of nitrogens with zero attached hydrogens (tertiary/aromatic N) is 6. The van der Waals surface area contributed by atoms with Crippen molar-refractivity contribution in [2.45, 2.75) is 24.5 Å². The first-order valence-corrected chi connectivity index (χ1v) is 10.2. The van der Waals surface area contributed by atoms with Crippen LogP contribution in [-0.2, 0) is 9.53 Å². The molecule has 0 aromatic carbocycles. The molecule has 1 saturated heterocycles. The van der Waals surface area contributed by atoms with Gasteiger partial charge < -0.3 is 30.9 Å². The fraction of sp³-hybridized carbons (Fsp3) is 0.333. The molecule has 0 aliphatic carbocycles. The summed E-state index contributed by atoms with van der Waals surface area (Å²) in [7, 11) is 2.98. The Morgan fingerprint density at radius 1 is 1.26 bits per heavy atom. The lowest BCUT2D eigenvalue weighted by Crippen LogP contribution is -2.41. The SMILES string of the molecule is CNC(=O)[C@H]1O[C@@H](n2cnc3c(N)nc(C#CCN(C)C(=O)c4ccccn4)nc32)[C@H](O)C1O. The summed E-state index contributed by atoms with van der Waals surface area (Å²) in [5.74, 6) is 4.80. The van der Waals surface area contributed by atoms with E-state index in [1.165, 1.54) is 29.0 Å². The fourth-order valence-electron chi connectivity index (χ4n) is 3.42. The molecule has 0 spiro atoms. The van der Waals surface area contributed by atoms with Crippen molar-refractivity contribution in [1.82, 2.24) is 34.7 Å². The summed E-state index contributed by atoms with van der Waals surface area (Å²) in [5, 5.41) is 23.0. The number of rotatable bonds is 4. The topological polar surface area (TPSA) is 182 Å². The summed E-state index contributed by atoms with van der Waals surface area (Å²) < 4.78 is 6.93. The molecule has 3 aromatic rings. The molecule has 1 unspecified atom stereocenters. The van der Waals surface area contributed by atoms with E-state index in [0.717, 1.165) is 0 Å². The van der Waals surface area contributed by atoms with E-state index in [2.05, 4.69) is 37.1 Å². The van der Waals surface area contributed by atoms with Gasteiger partial charge in [0.1, 0.15) is 23.4 Å². The number of imidazole rings is 1. The lowest BCUT2D eigenvalue weighted by molar-refractivity contribution is -0.137. The van der Waals surface area contributed by atoms with Crippen molar-refractivity contribution in [3.05, 3.63) is 42.2 Å². The molecule has 1 aliphatic rings. The van der Waals surface area contributed by atoms with Crippen LogP contribution < -0.4 is 11.1 Å². The minimum absolute atomic E-state index is 0.0434. The molecule has 3 aromatic heterocycles. The number of pyridine rings is 1. The Kier molecular flexibility index (Phi) is 6.37. The number of aliphatic hydroxyl groups is 2. The van der Waals surface area contributed by atoms with Gasteiger partial charge in [-0.25, -0.2) is 15.0 Å². The highest BCUT2D eigenvalue weighted by molar-refractivity contribution is 5.92. The maximum atomic E-state index is 12.4. The van der Waals surface area contributed by atoms with Crippen molar-refractivity contribution in [1.29, 1.82) is 0 Å². The minimum Gasteiger partial charge on any atom is -0.387 e. The normalized spacial score (nSPS) is 21.6. The summed E-state index contributed by atoms with van der Waals surface area (Å²) in [6.07, 6.45) is -2.43. The number of nitrogen functional groups attached to an aromatic ring is 1. The fourth-order valence-corrected chi connectivity index (χ4v) is 3.42. The third-order valence-electron chi connectivity index (χ3n) is 5.21. The Morgan fingerprint density at radius 3 is 2.76 bits per heavy atom. The average Bonchev–Trinajstić information content (AvgIpc) is 3.39. The van der Waals surface area contributed by atoms with E-state index in [4.69, 9.17) is 10.5 Å². The zero-order chi connectivity index (χ0) is 24.4. The van der Waals surface area contributed by atoms with Gasteiger partial charge >= 0.3 is 0 Å². The minimum atomic E-state index is -1.45. The van der Waals surface area contributed by atoms with Gasteiger partial charge in [0.05, 0.1) is 12.9 Å². The molecule has 1 fully saturated rings. The number of aromatic nitrogens is 5. The van der Waals surface area contributed by atoms with Crippen LogP contribution in [0.25, 0.3) is 11.2 Å². The molecule has 13 nitrogen and oxygen atoms in total. The summed E-state index contributed by atoms with van der Waals surface area (Å²) in [4.78, 5) is 42.3. The molecule has 13 heteroatoms. The standard InChI is InChI=1S/C21H22N8O5/c1-23-19(32)16-14(30)15(31)21(34-16)29-10-25-13-17(22)26-12(27-18(13)29)7-5-9-28(2)20(33)11-6-3-4-8-24-11/h3-4,6,8,10,14-16,21,30-31H,9H2,1-2H3,(H,23,32)(H2,22,26,27)/t14?,15-,16+,21-/m1/s1. The third-order valence-corrected chi connectivity index (χ3v) is 5.21. The number of ether oxygens (including phenoxy) is 1. The summed E-state index contributed by atoms with van der Waals surface area (Å²) in [6.45, 7) is 0.0838. The second-order valence-corrected chi connectivity index (χ2v) is 7.48. The molecule has 0 saturated carbocycles. The Morgan fingerprint density at radius 2 is 2.06 bits per heavy atom. The van der Waals surface area contributed by atoms with Crippen LogP contribution in [0, 0.1) is 11.8 Å². The van der Waals surface area contributed by atoms with Gasteiger partial charge in [-0.15, -0.1) is 0 Å². The quantitative estimate of drug-likeness (QED) is 0.323. The largest absolute Gasteiger partial charge is 0.387 e. The highest BCUT2D eigenvalue weighted by Gasteiger charge is 2.47. The number of likely N-dealkylation sites (N-methyl/N-ethyl adjacent to an activating group) is 1. The van der Waals surface area contributed by atoms with Crippen molar-refractivity contribution in [2.75, 3.05) is 26.4 Å². The van der Waals surface area contributed by atoms with E-state index in [-0.39, 0.29) is 35.3 Å². The van der Waals surface area contributed by atoms with Crippen LogP contribution in [0.2, 0.25) is 0 Å². The van der Waals surface area contributed by atoms with Gasteiger partial charge in [-0.2, -0.15) is 0 Å². The molecule has 4 rings (SSSR count). The van der Waals surface area contributed by atoms with Crippen LogP contribution in [0.4, 0.5) is 5.82 Å². The number of hydrogen-bond acceptors (Lipinski definition) is 10. The summed E-state index contributed by atoms with van der Waals surface area (Å²) in [5.41, 5.74) is 6.73. The molecule has 34 heavy (non-hydrogen) atoms. The molecular formula is C21H22N8O5. The maximum Gasteiger partial charge on any atom is 0.272 e. The van der Waals surface area contributed by atoms with Gasteiger partial charge in [0.15, 0.2) is 23.8 Å². The zero-order valence-corrected chi connectivity index (χ0v) is 18.3. The number of hydrogen-bond donors (Lipinski definition) is 4. The number of nitrogens with two attached hydrogens (primary N) is 1. The van der Waals surface area contributed by atoms with Crippen molar-refractivity contribution in [3.8, 4) is 11.8 Å². The molecule has 0 radical (unpaired) electrons. The highest BCUT2D eigenvalue weighted by Crippen LogP contribution is 2.32.